The van der Waals surface area contributed by atoms with Crippen LogP contribution in [0.15, 0.2) is 0 Å². The number of likely N-dealkylation sites (N-methyl/N-ethyl adjacent to an activating group) is 1. The summed E-state index contributed by atoms with van der Waals surface area (Å²) in [6, 6.07) is 0. The molecule has 0 fully saturated rings. The van der Waals surface area contributed by atoms with Crippen molar-refractivity contribution in [3.05, 3.63) is 10.6 Å². The average molecular weight is 314 g/mol. The van der Waals surface area contributed by atoms with E-state index in [9.17, 15) is 5.11 Å². The first-order valence-corrected chi connectivity index (χ1v) is 8.47. The Bertz CT molecular complexity index is 435. The van der Waals surface area contributed by atoms with Crippen LogP contribution in [0.5, 0.6) is 0 Å². The number of anilines is 1. The molecule has 0 aromatic carbocycles. The zero-order chi connectivity index (χ0) is 16.2. The second-order valence-corrected chi connectivity index (χ2v) is 8.38. The van der Waals surface area contributed by atoms with E-state index in [2.05, 4.69) is 58.5 Å². The van der Waals surface area contributed by atoms with Gasteiger partial charge in [-0.2, -0.15) is 0 Å². The molecule has 0 unspecified atom stereocenters. The molecule has 122 valence electrons. The summed E-state index contributed by atoms with van der Waals surface area (Å²) in [5, 5.41) is 10.7. The first-order valence-electron chi connectivity index (χ1n) is 7.65. The predicted octanol–water partition coefficient (Wildman–Crippen LogP) is 2.96. The summed E-state index contributed by atoms with van der Waals surface area (Å²) in [7, 11) is 4.18. The summed E-state index contributed by atoms with van der Waals surface area (Å²) in [5.74, 6) is 0.590. The monoisotopic (exact) mass is 313 g/mol. The summed E-state index contributed by atoms with van der Waals surface area (Å²) in [4.78, 5) is 10.4. The van der Waals surface area contributed by atoms with Crippen LogP contribution in [0.1, 0.15) is 45.2 Å². The van der Waals surface area contributed by atoms with Crippen LogP contribution in [0.3, 0.4) is 0 Å². The summed E-state index contributed by atoms with van der Waals surface area (Å²) in [6.07, 6.45) is 0. The molecule has 0 saturated heterocycles. The van der Waals surface area contributed by atoms with Gasteiger partial charge in [0.1, 0.15) is 0 Å². The molecular weight excluding hydrogens is 282 g/mol. The van der Waals surface area contributed by atoms with Crippen LogP contribution >= 0.6 is 11.3 Å². The SMILES string of the molecule is CC(C)CN(CCN(C)C)c1nc(C(C)(C)C)c(CO)s1. The molecule has 0 aliphatic carbocycles. The van der Waals surface area contributed by atoms with E-state index in [4.69, 9.17) is 4.98 Å². The van der Waals surface area contributed by atoms with Gasteiger partial charge in [0.15, 0.2) is 5.13 Å². The Morgan fingerprint density at radius 3 is 2.19 bits per heavy atom. The fourth-order valence-electron chi connectivity index (χ4n) is 2.19. The summed E-state index contributed by atoms with van der Waals surface area (Å²) in [6.45, 7) is 14.0. The fourth-order valence-corrected chi connectivity index (χ4v) is 3.36. The van der Waals surface area contributed by atoms with Crippen molar-refractivity contribution in [2.45, 2.75) is 46.6 Å². The van der Waals surface area contributed by atoms with Gasteiger partial charge in [-0.05, 0) is 20.0 Å². The lowest BCUT2D eigenvalue weighted by molar-refractivity contribution is 0.282. The van der Waals surface area contributed by atoms with Crippen molar-refractivity contribution in [3.63, 3.8) is 0 Å². The maximum Gasteiger partial charge on any atom is 0.185 e. The second-order valence-electron chi connectivity index (χ2n) is 7.32. The molecule has 0 spiro atoms. The third-order valence-electron chi connectivity index (χ3n) is 3.21. The highest BCUT2D eigenvalue weighted by atomic mass is 32.1. The Balaban J connectivity index is 3.04. The molecule has 5 heteroatoms. The Hall–Kier alpha value is -0.650. The van der Waals surface area contributed by atoms with Crippen LogP contribution in [-0.4, -0.2) is 48.7 Å². The van der Waals surface area contributed by atoms with Crippen molar-refractivity contribution >= 4 is 16.5 Å². The van der Waals surface area contributed by atoms with E-state index in [-0.39, 0.29) is 12.0 Å². The smallest absolute Gasteiger partial charge is 0.185 e. The van der Waals surface area contributed by atoms with Crippen molar-refractivity contribution in [2.24, 2.45) is 5.92 Å². The number of hydrogen-bond donors (Lipinski definition) is 1. The van der Waals surface area contributed by atoms with Crippen molar-refractivity contribution < 1.29 is 5.11 Å². The Morgan fingerprint density at radius 1 is 1.19 bits per heavy atom. The van der Waals surface area contributed by atoms with Gasteiger partial charge in [-0.15, -0.1) is 0 Å². The maximum atomic E-state index is 9.62. The van der Waals surface area contributed by atoms with Gasteiger partial charge in [-0.3, -0.25) is 0 Å². The van der Waals surface area contributed by atoms with Crippen molar-refractivity contribution in [1.29, 1.82) is 0 Å². The largest absolute Gasteiger partial charge is 0.391 e. The molecule has 21 heavy (non-hydrogen) atoms. The molecular formula is C16H31N3OS. The molecule has 0 aliphatic heterocycles. The number of thiazole rings is 1. The van der Waals surface area contributed by atoms with E-state index < -0.39 is 0 Å². The van der Waals surface area contributed by atoms with E-state index in [0.29, 0.717) is 5.92 Å². The van der Waals surface area contributed by atoms with Crippen LogP contribution in [0, 0.1) is 5.92 Å². The minimum absolute atomic E-state index is 0.0299. The van der Waals surface area contributed by atoms with Gasteiger partial charge >= 0.3 is 0 Å². The van der Waals surface area contributed by atoms with Gasteiger partial charge in [0, 0.05) is 25.0 Å². The number of aromatic nitrogens is 1. The van der Waals surface area contributed by atoms with Gasteiger partial charge in [-0.1, -0.05) is 46.0 Å². The molecule has 1 rings (SSSR count). The third-order valence-corrected chi connectivity index (χ3v) is 4.31. The van der Waals surface area contributed by atoms with E-state index in [1.165, 1.54) is 0 Å². The molecule has 0 bridgehead atoms. The maximum absolute atomic E-state index is 9.62. The van der Waals surface area contributed by atoms with Crippen molar-refractivity contribution in [3.8, 4) is 0 Å². The summed E-state index contributed by atoms with van der Waals surface area (Å²) >= 11 is 1.63. The summed E-state index contributed by atoms with van der Waals surface area (Å²) < 4.78 is 0. The minimum Gasteiger partial charge on any atom is -0.391 e. The molecule has 1 heterocycles. The van der Waals surface area contributed by atoms with Gasteiger partial charge in [0.25, 0.3) is 0 Å². The lowest BCUT2D eigenvalue weighted by Crippen LogP contribution is -2.34. The normalized spacial score (nSPS) is 12.5. The molecule has 0 aliphatic rings. The minimum atomic E-state index is -0.0299. The predicted molar refractivity (Wildman–Crippen MR) is 92.3 cm³/mol. The van der Waals surface area contributed by atoms with Crippen LogP contribution in [0.2, 0.25) is 0 Å². The molecule has 0 atom stereocenters. The van der Waals surface area contributed by atoms with E-state index in [1.54, 1.807) is 11.3 Å². The molecule has 1 N–H and O–H groups in total. The van der Waals surface area contributed by atoms with Gasteiger partial charge in [0.2, 0.25) is 0 Å². The molecule has 0 saturated carbocycles. The number of aliphatic hydroxyl groups is 1. The van der Waals surface area contributed by atoms with E-state index >= 15 is 0 Å². The van der Waals surface area contributed by atoms with Gasteiger partial charge < -0.3 is 14.9 Å². The van der Waals surface area contributed by atoms with E-state index in [1.807, 2.05) is 0 Å². The fraction of sp³-hybridized carbons (Fsp3) is 0.812. The molecule has 0 amide bonds. The lowest BCUT2D eigenvalue weighted by Gasteiger charge is -2.25. The average Bonchev–Trinajstić information content (AvgIpc) is 2.77. The molecule has 1 aromatic heterocycles. The Labute approximate surface area is 133 Å². The van der Waals surface area contributed by atoms with Crippen molar-refractivity contribution in [1.82, 2.24) is 9.88 Å². The second kappa shape index (κ2) is 7.56. The zero-order valence-electron chi connectivity index (χ0n) is 14.6. The van der Waals surface area contributed by atoms with Crippen LogP contribution in [0.25, 0.3) is 0 Å². The number of aliphatic hydroxyl groups excluding tert-OH is 1. The van der Waals surface area contributed by atoms with E-state index in [0.717, 1.165) is 35.3 Å². The summed E-state index contributed by atoms with van der Waals surface area (Å²) in [5.41, 5.74) is 1.00. The highest BCUT2D eigenvalue weighted by Gasteiger charge is 2.25. The molecule has 1 aromatic rings. The highest BCUT2D eigenvalue weighted by Crippen LogP contribution is 2.34. The zero-order valence-corrected chi connectivity index (χ0v) is 15.4. The van der Waals surface area contributed by atoms with Gasteiger partial charge in [-0.25, -0.2) is 4.98 Å². The molecule has 0 radical (unpaired) electrons. The standard InChI is InChI=1S/C16H31N3OS/c1-12(2)10-19(9-8-18(6)7)15-17-14(16(3,4)5)13(11-20)21-15/h12,20H,8-11H2,1-7H3. The van der Waals surface area contributed by atoms with Crippen LogP contribution < -0.4 is 4.90 Å². The first-order chi connectivity index (χ1) is 9.65. The van der Waals surface area contributed by atoms with Crippen LogP contribution in [-0.2, 0) is 12.0 Å². The quantitative estimate of drug-likeness (QED) is 0.840. The number of hydrogen-bond acceptors (Lipinski definition) is 5. The number of nitrogens with zero attached hydrogens (tertiary/aromatic N) is 3. The third kappa shape index (κ3) is 5.57. The number of rotatable bonds is 7. The van der Waals surface area contributed by atoms with Crippen LogP contribution in [0.4, 0.5) is 5.13 Å². The highest BCUT2D eigenvalue weighted by molar-refractivity contribution is 7.15. The van der Waals surface area contributed by atoms with Crippen molar-refractivity contribution in [2.75, 3.05) is 38.6 Å². The lowest BCUT2D eigenvalue weighted by atomic mass is 9.91. The Kier molecular flexibility index (Phi) is 6.63. The topological polar surface area (TPSA) is 39.6 Å². The Morgan fingerprint density at radius 2 is 1.81 bits per heavy atom. The first kappa shape index (κ1) is 18.4. The molecule has 4 nitrogen and oxygen atoms in total. The van der Waals surface area contributed by atoms with Gasteiger partial charge in [0.05, 0.1) is 17.2 Å².